The van der Waals surface area contributed by atoms with Crippen molar-refractivity contribution in [1.82, 2.24) is 10.2 Å². The normalized spacial score (nSPS) is 21.6. The molecule has 1 fully saturated rings. The van der Waals surface area contributed by atoms with Gasteiger partial charge in [0.1, 0.15) is 0 Å². The Morgan fingerprint density at radius 3 is 2.81 bits per heavy atom. The van der Waals surface area contributed by atoms with E-state index >= 15 is 0 Å². The van der Waals surface area contributed by atoms with Gasteiger partial charge < -0.3 is 15.1 Å². The fraction of sp³-hybridized carbons (Fsp3) is 0.588. The number of para-hydroxylation sites is 1. The molecule has 1 heterocycles. The molecule has 1 aromatic rings. The highest BCUT2D eigenvalue weighted by atomic mass is 16.2. The molecule has 0 spiro atoms. The van der Waals surface area contributed by atoms with Crippen molar-refractivity contribution in [2.24, 2.45) is 0 Å². The van der Waals surface area contributed by atoms with Crippen molar-refractivity contribution >= 4 is 11.6 Å². The molecule has 2 aliphatic rings. The summed E-state index contributed by atoms with van der Waals surface area (Å²) >= 11 is 0. The molecule has 1 aliphatic heterocycles. The van der Waals surface area contributed by atoms with E-state index in [0.29, 0.717) is 18.6 Å². The van der Waals surface area contributed by atoms with Crippen LogP contribution < -0.4 is 10.2 Å². The molecule has 4 heteroatoms. The highest BCUT2D eigenvalue weighted by molar-refractivity contribution is 5.82. The number of carbonyl (C=O) groups is 1. The molecule has 1 saturated carbocycles. The molecule has 0 bridgehead atoms. The van der Waals surface area contributed by atoms with E-state index < -0.39 is 0 Å². The maximum Gasteiger partial charge on any atom is 0.242 e. The summed E-state index contributed by atoms with van der Waals surface area (Å²) in [6, 6.07) is 9.37. The lowest BCUT2D eigenvalue weighted by molar-refractivity contribution is -0.128. The van der Waals surface area contributed by atoms with Crippen LogP contribution in [0.3, 0.4) is 0 Å². The van der Waals surface area contributed by atoms with E-state index in [1.165, 1.54) is 24.1 Å². The van der Waals surface area contributed by atoms with Crippen molar-refractivity contribution in [2.75, 3.05) is 32.1 Å². The van der Waals surface area contributed by atoms with Gasteiger partial charge in [-0.05, 0) is 44.4 Å². The molecule has 0 radical (unpaired) electrons. The van der Waals surface area contributed by atoms with Gasteiger partial charge in [0.2, 0.25) is 5.91 Å². The Morgan fingerprint density at radius 1 is 1.33 bits per heavy atom. The zero-order chi connectivity index (χ0) is 14.8. The SMILES string of the molecule is CNC1CCCN(CC(=O)N(C)C2CC2)c2ccccc21. The van der Waals surface area contributed by atoms with Crippen molar-refractivity contribution in [2.45, 2.75) is 37.8 Å². The standard InChI is InChI=1S/C17H25N3O/c1-18-15-7-5-11-20(16-8-4-3-6-14(15)16)12-17(21)19(2)13-9-10-13/h3-4,6,8,13,15,18H,5,7,9-12H2,1-2H3. The van der Waals surface area contributed by atoms with Crippen molar-refractivity contribution < 1.29 is 4.79 Å². The van der Waals surface area contributed by atoms with Crippen LogP contribution in [0.5, 0.6) is 0 Å². The fourth-order valence-electron chi connectivity index (χ4n) is 3.24. The third-order valence-corrected chi connectivity index (χ3v) is 4.74. The summed E-state index contributed by atoms with van der Waals surface area (Å²) in [4.78, 5) is 16.6. The first-order valence-corrected chi connectivity index (χ1v) is 7.97. The summed E-state index contributed by atoms with van der Waals surface area (Å²) in [5.41, 5.74) is 2.53. The first-order valence-electron chi connectivity index (χ1n) is 7.97. The molecule has 0 aromatic heterocycles. The quantitative estimate of drug-likeness (QED) is 0.922. The summed E-state index contributed by atoms with van der Waals surface area (Å²) < 4.78 is 0. The van der Waals surface area contributed by atoms with E-state index in [4.69, 9.17) is 0 Å². The molecule has 1 atom stereocenters. The number of amides is 1. The van der Waals surface area contributed by atoms with Crippen LogP contribution in [0.1, 0.15) is 37.3 Å². The number of rotatable bonds is 4. The number of anilines is 1. The minimum atomic E-state index is 0.246. The van der Waals surface area contributed by atoms with Crippen LogP contribution in [0.15, 0.2) is 24.3 Å². The maximum atomic E-state index is 12.4. The molecule has 1 N–H and O–H groups in total. The zero-order valence-electron chi connectivity index (χ0n) is 13.0. The van der Waals surface area contributed by atoms with Gasteiger partial charge in [-0.2, -0.15) is 0 Å². The molecular formula is C17H25N3O. The van der Waals surface area contributed by atoms with Gasteiger partial charge in [-0.1, -0.05) is 18.2 Å². The Morgan fingerprint density at radius 2 is 2.10 bits per heavy atom. The summed E-state index contributed by atoms with van der Waals surface area (Å²) in [7, 11) is 3.96. The second-order valence-corrected chi connectivity index (χ2v) is 6.20. The number of likely N-dealkylation sites (N-methyl/N-ethyl adjacent to an activating group) is 1. The van der Waals surface area contributed by atoms with Gasteiger partial charge in [0.25, 0.3) is 0 Å². The minimum absolute atomic E-state index is 0.246. The number of fused-ring (bicyclic) bond motifs is 1. The average Bonchev–Trinajstić information content (AvgIpc) is 3.34. The largest absolute Gasteiger partial charge is 0.362 e. The first kappa shape index (κ1) is 14.4. The van der Waals surface area contributed by atoms with E-state index in [-0.39, 0.29) is 5.91 Å². The molecule has 1 aliphatic carbocycles. The van der Waals surface area contributed by atoms with Gasteiger partial charge in [0, 0.05) is 31.4 Å². The Bertz CT molecular complexity index is 513. The summed E-state index contributed by atoms with van der Waals surface area (Å²) in [5, 5.41) is 3.40. The first-order chi connectivity index (χ1) is 10.2. The van der Waals surface area contributed by atoms with Crippen molar-refractivity contribution in [3.05, 3.63) is 29.8 Å². The summed E-state index contributed by atoms with van der Waals surface area (Å²) in [5.74, 6) is 0.246. The van der Waals surface area contributed by atoms with Crippen molar-refractivity contribution in [3.63, 3.8) is 0 Å². The smallest absolute Gasteiger partial charge is 0.242 e. The van der Waals surface area contributed by atoms with Crippen LogP contribution in [-0.4, -0.2) is 44.0 Å². The van der Waals surface area contributed by atoms with Crippen LogP contribution >= 0.6 is 0 Å². The third kappa shape index (κ3) is 3.05. The highest BCUT2D eigenvalue weighted by Crippen LogP contribution is 2.33. The molecule has 3 rings (SSSR count). The Balaban J connectivity index is 1.79. The highest BCUT2D eigenvalue weighted by Gasteiger charge is 2.31. The predicted octanol–water partition coefficient (Wildman–Crippen LogP) is 2.17. The molecule has 1 amide bonds. The number of benzene rings is 1. The van der Waals surface area contributed by atoms with Crippen LogP contribution in [0, 0.1) is 0 Å². The Kier molecular flexibility index (Phi) is 4.15. The van der Waals surface area contributed by atoms with Gasteiger partial charge >= 0.3 is 0 Å². The van der Waals surface area contributed by atoms with Crippen LogP contribution in [0.2, 0.25) is 0 Å². The molecule has 0 saturated heterocycles. The lowest BCUT2D eigenvalue weighted by Gasteiger charge is -2.27. The van der Waals surface area contributed by atoms with Gasteiger partial charge in [0.05, 0.1) is 6.54 Å². The summed E-state index contributed by atoms with van der Waals surface area (Å²) in [6.07, 6.45) is 4.57. The van der Waals surface area contributed by atoms with Crippen LogP contribution in [0.25, 0.3) is 0 Å². The second-order valence-electron chi connectivity index (χ2n) is 6.20. The molecule has 1 aromatic carbocycles. The van der Waals surface area contributed by atoms with Crippen molar-refractivity contribution in [1.29, 1.82) is 0 Å². The molecular weight excluding hydrogens is 262 g/mol. The van der Waals surface area contributed by atoms with Crippen molar-refractivity contribution in [3.8, 4) is 0 Å². The molecule has 114 valence electrons. The number of carbonyl (C=O) groups excluding carboxylic acids is 1. The zero-order valence-corrected chi connectivity index (χ0v) is 13.0. The van der Waals surface area contributed by atoms with Gasteiger partial charge in [0.15, 0.2) is 0 Å². The van der Waals surface area contributed by atoms with E-state index in [9.17, 15) is 4.79 Å². The fourth-order valence-corrected chi connectivity index (χ4v) is 3.24. The van der Waals surface area contributed by atoms with E-state index in [1.807, 2.05) is 19.0 Å². The monoisotopic (exact) mass is 287 g/mol. The Labute approximate surface area is 127 Å². The number of nitrogens with one attached hydrogen (secondary N) is 1. The average molecular weight is 287 g/mol. The number of hydrogen-bond acceptors (Lipinski definition) is 3. The van der Waals surface area contributed by atoms with Crippen LogP contribution in [-0.2, 0) is 4.79 Å². The third-order valence-electron chi connectivity index (χ3n) is 4.74. The maximum absolute atomic E-state index is 12.4. The number of nitrogens with zero attached hydrogens (tertiary/aromatic N) is 2. The van der Waals surface area contributed by atoms with Gasteiger partial charge in [-0.3, -0.25) is 4.79 Å². The minimum Gasteiger partial charge on any atom is -0.362 e. The number of hydrogen-bond donors (Lipinski definition) is 1. The molecule has 21 heavy (non-hydrogen) atoms. The lowest BCUT2D eigenvalue weighted by atomic mass is 10.0. The van der Waals surface area contributed by atoms with Crippen LogP contribution in [0.4, 0.5) is 5.69 Å². The second kappa shape index (κ2) is 6.06. The predicted molar refractivity (Wildman–Crippen MR) is 85.5 cm³/mol. The summed E-state index contributed by atoms with van der Waals surface area (Å²) in [6.45, 7) is 1.46. The topological polar surface area (TPSA) is 35.6 Å². The molecule has 4 nitrogen and oxygen atoms in total. The van der Waals surface area contributed by atoms with Gasteiger partial charge in [-0.25, -0.2) is 0 Å². The van der Waals surface area contributed by atoms with Gasteiger partial charge in [-0.15, -0.1) is 0 Å². The Hall–Kier alpha value is -1.55. The van der Waals surface area contributed by atoms with E-state index in [1.54, 1.807) is 0 Å². The lowest BCUT2D eigenvalue weighted by Crippen LogP contribution is -2.39. The molecule has 1 unspecified atom stereocenters. The van der Waals surface area contributed by atoms with E-state index in [2.05, 4.69) is 34.5 Å². The van der Waals surface area contributed by atoms with E-state index in [0.717, 1.165) is 19.4 Å².